The summed E-state index contributed by atoms with van der Waals surface area (Å²) in [6.07, 6.45) is 1.82. The molecule has 2 atom stereocenters. The molecule has 1 heterocycles. The number of ether oxygens (including phenoxy) is 2. The fraction of sp³-hybridized carbons (Fsp3) is 0.875. The molecular formula is C8H14O4. The predicted octanol–water partition coefficient (Wildman–Crippen LogP) is 1.00. The molecule has 1 rings (SSSR count). The standard InChI is InChI=1S/C8H14O4/c1-2-3-4-7-11-5-6(12-7)8(9)10/h6-7H,2-5H2,1H3,(H,9,10). The first-order valence-electron chi connectivity index (χ1n) is 4.24. The third-order valence-electron chi connectivity index (χ3n) is 1.82. The van der Waals surface area contributed by atoms with E-state index in [0.29, 0.717) is 0 Å². The maximum Gasteiger partial charge on any atom is 0.335 e. The molecule has 2 unspecified atom stereocenters. The van der Waals surface area contributed by atoms with Crippen molar-refractivity contribution >= 4 is 5.97 Å². The summed E-state index contributed by atoms with van der Waals surface area (Å²) in [7, 11) is 0. The lowest BCUT2D eigenvalue weighted by Crippen LogP contribution is -2.22. The lowest BCUT2D eigenvalue weighted by molar-refractivity contribution is -0.150. The van der Waals surface area contributed by atoms with Crippen LogP contribution in [-0.2, 0) is 14.3 Å². The van der Waals surface area contributed by atoms with Gasteiger partial charge in [0.15, 0.2) is 12.4 Å². The summed E-state index contributed by atoms with van der Waals surface area (Å²) in [5.74, 6) is -0.936. The molecule has 1 aliphatic rings. The molecule has 4 nitrogen and oxygen atoms in total. The van der Waals surface area contributed by atoms with E-state index in [-0.39, 0.29) is 12.9 Å². The summed E-state index contributed by atoms with van der Waals surface area (Å²) < 4.78 is 10.2. The normalized spacial score (nSPS) is 29.1. The minimum atomic E-state index is -0.936. The van der Waals surface area contributed by atoms with Gasteiger partial charge >= 0.3 is 5.97 Å². The molecule has 0 aromatic carbocycles. The first kappa shape index (κ1) is 9.48. The van der Waals surface area contributed by atoms with Crippen LogP contribution in [0.2, 0.25) is 0 Å². The van der Waals surface area contributed by atoms with Crippen LogP contribution in [0.3, 0.4) is 0 Å². The molecule has 1 aliphatic heterocycles. The SMILES string of the molecule is CCCCC1OCC(C(=O)O)O1. The third-order valence-corrected chi connectivity index (χ3v) is 1.82. The van der Waals surface area contributed by atoms with E-state index >= 15 is 0 Å². The van der Waals surface area contributed by atoms with E-state index in [1.165, 1.54) is 0 Å². The smallest absolute Gasteiger partial charge is 0.335 e. The number of hydrogen-bond acceptors (Lipinski definition) is 3. The number of aliphatic carboxylic acids is 1. The number of carboxylic acid groups (broad SMARTS) is 1. The quantitative estimate of drug-likeness (QED) is 0.690. The monoisotopic (exact) mass is 174 g/mol. The first-order valence-corrected chi connectivity index (χ1v) is 4.24. The van der Waals surface area contributed by atoms with E-state index in [1.807, 2.05) is 0 Å². The fourth-order valence-electron chi connectivity index (χ4n) is 1.11. The van der Waals surface area contributed by atoms with Crippen molar-refractivity contribution in [3.8, 4) is 0 Å². The Balaban J connectivity index is 2.21. The topological polar surface area (TPSA) is 55.8 Å². The Hall–Kier alpha value is -0.610. The average molecular weight is 174 g/mol. The van der Waals surface area contributed by atoms with Crippen molar-refractivity contribution in [2.75, 3.05) is 6.61 Å². The minimum absolute atomic E-state index is 0.184. The van der Waals surface area contributed by atoms with Crippen LogP contribution < -0.4 is 0 Å². The van der Waals surface area contributed by atoms with Gasteiger partial charge in [0.2, 0.25) is 0 Å². The van der Waals surface area contributed by atoms with E-state index < -0.39 is 12.1 Å². The Labute approximate surface area is 71.5 Å². The number of hydrogen-bond donors (Lipinski definition) is 1. The summed E-state index contributed by atoms with van der Waals surface area (Å²) in [6, 6.07) is 0. The molecular weight excluding hydrogens is 160 g/mol. The van der Waals surface area contributed by atoms with Gasteiger partial charge in [-0.05, 0) is 12.8 Å². The second-order valence-corrected chi connectivity index (χ2v) is 2.87. The van der Waals surface area contributed by atoms with Crippen molar-refractivity contribution in [3.63, 3.8) is 0 Å². The van der Waals surface area contributed by atoms with E-state index in [0.717, 1.165) is 19.3 Å². The lowest BCUT2D eigenvalue weighted by atomic mass is 10.2. The van der Waals surface area contributed by atoms with Crippen LogP contribution in [0, 0.1) is 0 Å². The molecule has 0 radical (unpaired) electrons. The maximum atomic E-state index is 10.4. The molecule has 70 valence electrons. The van der Waals surface area contributed by atoms with Gasteiger partial charge < -0.3 is 14.6 Å². The number of carboxylic acids is 1. The molecule has 0 saturated carbocycles. The average Bonchev–Trinajstić information content (AvgIpc) is 2.48. The van der Waals surface area contributed by atoms with Crippen LogP contribution >= 0.6 is 0 Å². The second-order valence-electron chi connectivity index (χ2n) is 2.87. The van der Waals surface area contributed by atoms with Crippen LogP contribution in [0.15, 0.2) is 0 Å². The zero-order valence-electron chi connectivity index (χ0n) is 7.16. The van der Waals surface area contributed by atoms with Crippen LogP contribution in [0.25, 0.3) is 0 Å². The highest BCUT2D eigenvalue weighted by molar-refractivity contribution is 5.72. The summed E-state index contributed by atoms with van der Waals surface area (Å²) in [5, 5.41) is 8.55. The molecule has 4 heteroatoms. The van der Waals surface area contributed by atoms with Crippen molar-refractivity contribution in [3.05, 3.63) is 0 Å². The van der Waals surface area contributed by atoms with E-state index in [4.69, 9.17) is 14.6 Å². The predicted molar refractivity (Wildman–Crippen MR) is 41.8 cm³/mol. The molecule has 12 heavy (non-hydrogen) atoms. The molecule has 0 amide bonds. The van der Waals surface area contributed by atoms with E-state index in [9.17, 15) is 4.79 Å². The van der Waals surface area contributed by atoms with Gasteiger partial charge in [0.05, 0.1) is 6.61 Å². The molecule has 0 aliphatic carbocycles. The van der Waals surface area contributed by atoms with Crippen molar-refractivity contribution in [1.29, 1.82) is 0 Å². The van der Waals surface area contributed by atoms with Gasteiger partial charge in [-0.25, -0.2) is 4.79 Å². The molecule has 0 aromatic heterocycles. The summed E-state index contributed by atoms with van der Waals surface area (Å²) >= 11 is 0. The highest BCUT2D eigenvalue weighted by Gasteiger charge is 2.30. The number of unbranched alkanes of at least 4 members (excludes halogenated alkanes) is 1. The molecule has 0 bridgehead atoms. The largest absolute Gasteiger partial charge is 0.479 e. The molecule has 1 N–H and O–H groups in total. The Morgan fingerprint density at radius 3 is 2.92 bits per heavy atom. The van der Waals surface area contributed by atoms with Gasteiger partial charge in [-0.2, -0.15) is 0 Å². The number of carbonyl (C=O) groups is 1. The van der Waals surface area contributed by atoms with Crippen molar-refractivity contribution < 1.29 is 19.4 Å². The van der Waals surface area contributed by atoms with Gasteiger partial charge in [-0.1, -0.05) is 13.3 Å². The van der Waals surface area contributed by atoms with Crippen LogP contribution in [0.4, 0.5) is 0 Å². The Morgan fingerprint density at radius 2 is 2.42 bits per heavy atom. The van der Waals surface area contributed by atoms with Gasteiger partial charge in [0.25, 0.3) is 0 Å². The third kappa shape index (κ3) is 2.46. The molecule has 0 spiro atoms. The Bertz CT molecular complexity index is 157. The van der Waals surface area contributed by atoms with Gasteiger partial charge in [-0.15, -0.1) is 0 Å². The number of rotatable bonds is 4. The van der Waals surface area contributed by atoms with Crippen LogP contribution in [0.1, 0.15) is 26.2 Å². The van der Waals surface area contributed by atoms with E-state index in [1.54, 1.807) is 0 Å². The zero-order chi connectivity index (χ0) is 8.97. The van der Waals surface area contributed by atoms with Crippen molar-refractivity contribution in [1.82, 2.24) is 0 Å². The summed E-state index contributed by atoms with van der Waals surface area (Å²) in [4.78, 5) is 10.4. The highest BCUT2D eigenvalue weighted by atomic mass is 16.7. The Kier molecular flexibility index (Phi) is 3.49. The minimum Gasteiger partial charge on any atom is -0.479 e. The summed E-state index contributed by atoms with van der Waals surface area (Å²) in [6.45, 7) is 2.26. The van der Waals surface area contributed by atoms with Crippen LogP contribution in [0.5, 0.6) is 0 Å². The zero-order valence-corrected chi connectivity index (χ0v) is 7.16. The molecule has 1 fully saturated rings. The molecule has 0 aromatic rings. The van der Waals surface area contributed by atoms with Crippen LogP contribution in [-0.4, -0.2) is 30.1 Å². The summed E-state index contributed by atoms with van der Waals surface area (Å²) in [5.41, 5.74) is 0. The van der Waals surface area contributed by atoms with Crippen molar-refractivity contribution in [2.45, 2.75) is 38.6 Å². The maximum absolute atomic E-state index is 10.4. The highest BCUT2D eigenvalue weighted by Crippen LogP contribution is 2.16. The van der Waals surface area contributed by atoms with Gasteiger partial charge in [-0.3, -0.25) is 0 Å². The van der Waals surface area contributed by atoms with Gasteiger partial charge in [0, 0.05) is 0 Å². The fourth-order valence-corrected chi connectivity index (χ4v) is 1.11. The van der Waals surface area contributed by atoms with E-state index in [2.05, 4.69) is 6.92 Å². The first-order chi connectivity index (χ1) is 5.74. The second kappa shape index (κ2) is 4.42. The molecule has 1 saturated heterocycles. The van der Waals surface area contributed by atoms with Crippen molar-refractivity contribution in [2.24, 2.45) is 0 Å². The Morgan fingerprint density at radius 1 is 1.67 bits per heavy atom. The lowest BCUT2D eigenvalue weighted by Gasteiger charge is -2.07. The van der Waals surface area contributed by atoms with Gasteiger partial charge in [0.1, 0.15) is 0 Å².